The monoisotopic (exact) mass is 228 g/mol. The van der Waals surface area contributed by atoms with E-state index in [1.165, 1.54) is 11.3 Å². The van der Waals surface area contributed by atoms with Crippen LogP contribution >= 0.6 is 11.3 Å². The van der Waals surface area contributed by atoms with Crippen molar-refractivity contribution in [3.8, 4) is 0 Å². The lowest BCUT2D eigenvalue weighted by atomic mass is 10.2. The Morgan fingerprint density at radius 3 is 2.81 bits per heavy atom. The summed E-state index contributed by atoms with van der Waals surface area (Å²) in [6, 6.07) is 9.98. The van der Waals surface area contributed by atoms with Gasteiger partial charge < -0.3 is 0 Å². The van der Waals surface area contributed by atoms with Gasteiger partial charge in [0, 0.05) is 16.0 Å². The second-order valence-corrected chi connectivity index (χ2v) is 4.02. The van der Waals surface area contributed by atoms with Gasteiger partial charge in [0.2, 0.25) is 0 Å². The van der Waals surface area contributed by atoms with Crippen LogP contribution in [0.2, 0.25) is 0 Å². The van der Waals surface area contributed by atoms with Gasteiger partial charge in [0.15, 0.2) is 5.13 Å². The van der Waals surface area contributed by atoms with Gasteiger partial charge in [-0.15, -0.1) is 11.3 Å². The maximum atomic E-state index is 8.24. The van der Waals surface area contributed by atoms with Crippen molar-refractivity contribution in [1.29, 1.82) is 0 Å². The molecule has 1 heterocycles. The highest BCUT2D eigenvalue weighted by atomic mass is 32.1. The van der Waals surface area contributed by atoms with Crippen molar-refractivity contribution in [2.24, 2.45) is 5.11 Å². The number of benzene rings is 1. The van der Waals surface area contributed by atoms with E-state index in [2.05, 4.69) is 15.0 Å². The normalized spacial score (nSPS) is 10.2. The molecule has 0 amide bonds. The summed E-state index contributed by atoms with van der Waals surface area (Å²) in [7, 11) is 0. The summed E-state index contributed by atoms with van der Waals surface area (Å²) >= 11 is 1.36. The lowest BCUT2D eigenvalue weighted by Crippen LogP contribution is -1.67. The third-order valence-corrected chi connectivity index (χ3v) is 2.73. The van der Waals surface area contributed by atoms with E-state index in [1.807, 2.05) is 42.5 Å². The van der Waals surface area contributed by atoms with Gasteiger partial charge in [-0.2, -0.15) is 0 Å². The van der Waals surface area contributed by atoms with Crippen molar-refractivity contribution >= 4 is 28.6 Å². The number of aromatic nitrogens is 1. The molecule has 5 heteroatoms. The Morgan fingerprint density at radius 1 is 1.25 bits per heavy atom. The van der Waals surface area contributed by atoms with E-state index in [9.17, 15) is 0 Å². The molecular weight excluding hydrogens is 220 g/mol. The molecule has 4 nitrogen and oxygen atoms in total. The Hall–Kier alpha value is -2.10. The topological polar surface area (TPSA) is 61.7 Å². The zero-order valence-corrected chi connectivity index (χ0v) is 9.13. The fourth-order valence-electron chi connectivity index (χ4n) is 1.18. The average Bonchev–Trinajstić information content (AvgIpc) is 2.76. The van der Waals surface area contributed by atoms with Gasteiger partial charge in [0.25, 0.3) is 0 Å². The van der Waals surface area contributed by atoms with Gasteiger partial charge in [-0.3, -0.25) is 0 Å². The summed E-state index contributed by atoms with van der Waals surface area (Å²) in [5, 5.41) is 3.88. The van der Waals surface area contributed by atoms with Crippen LogP contribution in [0.4, 0.5) is 5.13 Å². The van der Waals surface area contributed by atoms with Crippen LogP contribution in [-0.2, 0) is 0 Å². The van der Waals surface area contributed by atoms with E-state index in [4.69, 9.17) is 5.53 Å². The number of azide groups is 1. The van der Waals surface area contributed by atoms with E-state index in [0.717, 1.165) is 10.4 Å². The van der Waals surface area contributed by atoms with Crippen molar-refractivity contribution < 1.29 is 0 Å². The first-order chi connectivity index (χ1) is 7.88. The smallest absolute Gasteiger partial charge is 0.180 e. The number of thiazole rings is 1. The van der Waals surface area contributed by atoms with Gasteiger partial charge >= 0.3 is 0 Å². The number of nitrogens with zero attached hydrogens (tertiary/aromatic N) is 4. The Bertz CT molecular complexity index is 538. The lowest BCUT2D eigenvalue weighted by Gasteiger charge is -1.89. The quantitative estimate of drug-likeness (QED) is 0.440. The van der Waals surface area contributed by atoms with Crippen LogP contribution in [-0.4, -0.2) is 4.98 Å². The predicted molar refractivity (Wildman–Crippen MR) is 66.3 cm³/mol. The largest absolute Gasteiger partial charge is 0.242 e. The third kappa shape index (κ3) is 2.70. The van der Waals surface area contributed by atoms with E-state index < -0.39 is 0 Å². The molecule has 16 heavy (non-hydrogen) atoms. The molecule has 0 bridgehead atoms. The predicted octanol–water partition coefficient (Wildman–Crippen LogP) is 4.26. The molecule has 1 aromatic carbocycles. The molecular formula is C11H8N4S. The van der Waals surface area contributed by atoms with Crippen LogP contribution in [0.3, 0.4) is 0 Å². The molecule has 0 aliphatic rings. The molecule has 0 saturated carbocycles. The van der Waals surface area contributed by atoms with E-state index in [1.54, 1.807) is 6.20 Å². The molecule has 2 aromatic rings. The minimum Gasteiger partial charge on any atom is -0.242 e. The molecule has 0 N–H and O–H groups in total. The first kappa shape index (κ1) is 10.4. The third-order valence-electron chi connectivity index (χ3n) is 1.88. The zero-order chi connectivity index (χ0) is 11.2. The SMILES string of the molecule is [N-]=[N+]=Nc1ncc(/C=C/c2ccccc2)s1. The van der Waals surface area contributed by atoms with Crippen molar-refractivity contribution in [2.75, 3.05) is 0 Å². The zero-order valence-electron chi connectivity index (χ0n) is 8.32. The fourth-order valence-corrected chi connectivity index (χ4v) is 1.82. The van der Waals surface area contributed by atoms with Crippen molar-refractivity contribution in [2.45, 2.75) is 0 Å². The van der Waals surface area contributed by atoms with E-state index in [0.29, 0.717) is 5.13 Å². The highest BCUT2D eigenvalue weighted by Gasteiger charge is 1.95. The minimum absolute atomic E-state index is 0.440. The number of hydrogen-bond acceptors (Lipinski definition) is 3. The van der Waals surface area contributed by atoms with Gasteiger partial charge in [-0.05, 0) is 22.3 Å². The Balaban J connectivity index is 2.14. The van der Waals surface area contributed by atoms with Crippen molar-refractivity contribution in [3.05, 3.63) is 57.4 Å². The molecule has 2 rings (SSSR count). The minimum atomic E-state index is 0.440. The van der Waals surface area contributed by atoms with Gasteiger partial charge in [-0.25, -0.2) is 4.98 Å². The summed E-state index contributed by atoms with van der Waals surface area (Å²) in [5.41, 5.74) is 9.37. The number of rotatable bonds is 3. The standard InChI is InChI=1S/C11H8N4S/c12-15-14-11-13-8-10(16-11)7-6-9-4-2-1-3-5-9/h1-8H/b7-6+. The summed E-state index contributed by atoms with van der Waals surface area (Å²) < 4.78 is 0. The molecule has 1 aromatic heterocycles. The Morgan fingerprint density at radius 2 is 2.06 bits per heavy atom. The molecule has 0 fully saturated rings. The summed E-state index contributed by atoms with van der Waals surface area (Å²) in [6.45, 7) is 0. The summed E-state index contributed by atoms with van der Waals surface area (Å²) in [5.74, 6) is 0. The molecule has 78 valence electrons. The molecule has 0 saturated heterocycles. The highest BCUT2D eigenvalue weighted by molar-refractivity contribution is 7.16. The maximum Gasteiger partial charge on any atom is 0.180 e. The molecule has 0 atom stereocenters. The van der Waals surface area contributed by atoms with Gasteiger partial charge in [-0.1, -0.05) is 36.4 Å². The van der Waals surface area contributed by atoms with Gasteiger partial charge in [0.1, 0.15) is 0 Å². The van der Waals surface area contributed by atoms with Crippen LogP contribution in [0, 0.1) is 0 Å². The van der Waals surface area contributed by atoms with Gasteiger partial charge in [0.05, 0.1) is 0 Å². The maximum absolute atomic E-state index is 8.24. The highest BCUT2D eigenvalue weighted by Crippen LogP contribution is 2.22. The summed E-state index contributed by atoms with van der Waals surface area (Å²) in [4.78, 5) is 7.62. The fraction of sp³-hybridized carbons (Fsp3) is 0. The van der Waals surface area contributed by atoms with Crippen LogP contribution in [0.25, 0.3) is 22.6 Å². The Labute approximate surface area is 96.5 Å². The van der Waals surface area contributed by atoms with E-state index in [-0.39, 0.29) is 0 Å². The van der Waals surface area contributed by atoms with Crippen LogP contribution < -0.4 is 0 Å². The molecule has 0 spiro atoms. The lowest BCUT2D eigenvalue weighted by molar-refractivity contribution is 1.34. The van der Waals surface area contributed by atoms with Crippen molar-refractivity contribution in [1.82, 2.24) is 4.98 Å². The first-order valence-corrected chi connectivity index (χ1v) is 5.44. The van der Waals surface area contributed by atoms with E-state index >= 15 is 0 Å². The Kier molecular flexibility index (Phi) is 3.33. The second-order valence-electron chi connectivity index (χ2n) is 2.98. The molecule has 0 unspecified atom stereocenters. The molecule has 0 aliphatic heterocycles. The van der Waals surface area contributed by atoms with Crippen LogP contribution in [0.5, 0.6) is 0 Å². The molecule has 0 aliphatic carbocycles. The van der Waals surface area contributed by atoms with Crippen molar-refractivity contribution in [3.63, 3.8) is 0 Å². The molecule has 0 radical (unpaired) electrons. The summed E-state index contributed by atoms with van der Waals surface area (Å²) in [6.07, 6.45) is 5.63. The first-order valence-electron chi connectivity index (χ1n) is 4.62. The van der Waals surface area contributed by atoms with Crippen LogP contribution in [0.1, 0.15) is 10.4 Å². The van der Waals surface area contributed by atoms with Crippen LogP contribution in [0.15, 0.2) is 41.6 Å². The average molecular weight is 228 g/mol. The second kappa shape index (κ2) is 5.11. The number of hydrogen-bond donors (Lipinski definition) is 0.